The highest BCUT2D eigenvalue weighted by Crippen LogP contribution is 2.29. The third-order valence-electron chi connectivity index (χ3n) is 6.48. The zero-order chi connectivity index (χ0) is 25.6. The normalized spacial score (nSPS) is 14.1. The van der Waals surface area contributed by atoms with E-state index in [1.165, 1.54) is 11.1 Å². The Morgan fingerprint density at radius 2 is 1.81 bits per heavy atom. The number of benzene rings is 2. The van der Waals surface area contributed by atoms with Crippen molar-refractivity contribution in [3.63, 3.8) is 0 Å². The van der Waals surface area contributed by atoms with E-state index in [1.54, 1.807) is 13.4 Å². The van der Waals surface area contributed by atoms with E-state index >= 15 is 0 Å². The lowest BCUT2D eigenvalue weighted by Crippen LogP contribution is -2.37. The van der Waals surface area contributed by atoms with E-state index in [-0.39, 0.29) is 0 Å². The van der Waals surface area contributed by atoms with Gasteiger partial charge < -0.3 is 19.5 Å². The highest BCUT2D eigenvalue weighted by Gasteiger charge is 2.13. The molecule has 9 nitrogen and oxygen atoms in total. The van der Waals surface area contributed by atoms with Gasteiger partial charge in [0.25, 0.3) is 0 Å². The van der Waals surface area contributed by atoms with Crippen LogP contribution < -0.4 is 14.8 Å². The molecule has 0 bridgehead atoms. The van der Waals surface area contributed by atoms with Crippen LogP contribution in [0.3, 0.4) is 0 Å². The molecule has 37 heavy (non-hydrogen) atoms. The number of hydrogen-bond acceptors (Lipinski definition) is 8. The molecule has 194 valence electrons. The van der Waals surface area contributed by atoms with Crippen LogP contribution in [-0.2, 0) is 11.3 Å². The van der Waals surface area contributed by atoms with Crippen molar-refractivity contribution in [2.45, 2.75) is 26.8 Å². The molecule has 1 aliphatic heterocycles. The van der Waals surface area contributed by atoms with Gasteiger partial charge in [-0.3, -0.25) is 4.90 Å². The van der Waals surface area contributed by atoms with E-state index in [1.807, 2.05) is 29.1 Å². The maximum Gasteiger partial charge on any atom is 0.168 e. The number of nitrogens with zero attached hydrogens (tertiary/aromatic N) is 5. The first-order valence-electron chi connectivity index (χ1n) is 12.7. The molecular formula is C28H34N6O3. The summed E-state index contributed by atoms with van der Waals surface area (Å²) in [7, 11) is 1.67. The molecular weight excluding hydrogens is 468 g/mol. The van der Waals surface area contributed by atoms with Crippen LogP contribution in [0.2, 0.25) is 0 Å². The monoisotopic (exact) mass is 502 g/mol. The average molecular weight is 503 g/mol. The highest BCUT2D eigenvalue weighted by atomic mass is 16.5. The lowest BCUT2D eigenvalue weighted by molar-refractivity contribution is 0.0357. The van der Waals surface area contributed by atoms with E-state index in [2.05, 4.69) is 57.3 Å². The minimum absolute atomic E-state index is 0.578. The number of fused-ring (bicyclic) bond motifs is 1. The Bertz CT molecular complexity index is 1330. The number of hydrogen-bond donors (Lipinski definition) is 1. The van der Waals surface area contributed by atoms with Crippen LogP contribution >= 0.6 is 0 Å². The van der Waals surface area contributed by atoms with Crippen molar-refractivity contribution in [1.82, 2.24) is 24.6 Å². The summed E-state index contributed by atoms with van der Waals surface area (Å²) in [6.07, 6.45) is 4.34. The Balaban J connectivity index is 1.26. The maximum absolute atomic E-state index is 6.10. The van der Waals surface area contributed by atoms with Gasteiger partial charge in [0.1, 0.15) is 12.1 Å². The first kappa shape index (κ1) is 25.0. The molecule has 0 spiro atoms. The summed E-state index contributed by atoms with van der Waals surface area (Å²) in [6, 6.07) is 12.4. The SMILES string of the molecule is COc1ccc(CNc2ncnc3c2cnn3-c2cc(C)cc(C)c2)cc1OCCCN1CCOCC1. The molecule has 1 fully saturated rings. The maximum atomic E-state index is 6.10. The van der Waals surface area contributed by atoms with E-state index in [9.17, 15) is 0 Å². The Morgan fingerprint density at radius 3 is 2.59 bits per heavy atom. The van der Waals surface area contributed by atoms with Gasteiger partial charge in [0.05, 0.1) is 44.2 Å². The number of aryl methyl sites for hydroxylation is 2. The van der Waals surface area contributed by atoms with Gasteiger partial charge in [-0.05, 0) is 61.2 Å². The molecule has 2 aromatic heterocycles. The van der Waals surface area contributed by atoms with Crippen LogP contribution in [0.1, 0.15) is 23.1 Å². The first-order chi connectivity index (χ1) is 18.1. The van der Waals surface area contributed by atoms with Crippen LogP contribution in [0.5, 0.6) is 11.5 Å². The number of nitrogens with one attached hydrogen (secondary N) is 1. The zero-order valence-corrected chi connectivity index (χ0v) is 21.7. The average Bonchev–Trinajstić information content (AvgIpc) is 3.35. The molecule has 4 aromatic rings. The third kappa shape index (κ3) is 6.00. The van der Waals surface area contributed by atoms with E-state index < -0.39 is 0 Å². The molecule has 0 amide bonds. The molecule has 1 aliphatic rings. The second-order valence-corrected chi connectivity index (χ2v) is 9.36. The number of rotatable bonds is 10. The van der Waals surface area contributed by atoms with Gasteiger partial charge in [0.2, 0.25) is 0 Å². The number of anilines is 1. The summed E-state index contributed by atoms with van der Waals surface area (Å²) in [6.45, 7) is 10.00. The van der Waals surface area contributed by atoms with Crippen molar-refractivity contribution in [3.05, 3.63) is 65.6 Å². The van der Waals surface area contributed by atoms with Gasteiger partial charge >= 0.3 is 0 Å². The fourth-order valence-corrected chi connectivity index (χ4v) is 4.67. The van der Waals surface area contributed by atoms with Gasteiger partial charge in [-0.1, -0.05) is 12.1 Å². The minimum Gasteiger partial charge on any atom is -0.493 e. The number of morpholine rings is 1. The van der Waals surface area contributed by atoms with E-state index in [0.29, 0.717) is 13.2 Å². The summed E-state index contributed by atoms with van der Waals surface area (Å²) in [5.74, 6) is 2.22. The summed E-state index contributed by atoms with van der Waals surface area (Å²) in [4.78, 5) is 11.4. The standard InChI is InChI=1S/C28H34N6O3/c1-20-13-21(2)15-23(14-20)34-28-24(18-32-34)27(30-19-31-28)29-17-22-5-6-25(35-3)26(16-22)37-10-4-7-33-8-11-36-12-9-33/h5-6,13-16,18-19H,4,7-12,17H2,1-3H3,(H,29,30,31). The largest absolute Gasteiger partial charge is 0.493 e. The number of ether oxygens (including phenoxy) is 3. The molecule has 1 N–H and O–H groups in total. The Labute approximate surface area is 217 Å². The van der Waals surface area contributed by atoms with Crippen LogP contribution in [0, 0.1) is 13.8 Å². The molecule has 1 saturated heterocycles. The summed E-state index contributed by atoms with van der Waals surface area (Å²) < 4.78 is 18.9. The van der Waals surface area contributed by atoms with Gasteiger partial charge in [-0.15, -0.1) is 0 Å². The molecule has 0 aliphatic carbocycles. The zero-order valence-electron chi connectivity index (χ0n) is 21.7. The van der Waals surface area contributed by atoms with Crippen LogP contribution in [0.15, 0.2) is 48.9 Å². The van der Waals surface area contributed by atoms with Crippen molar-refractivity contribution < 1.29 is 14.2 Å². The van der Waals surface area contributed by atoms with Gasteiger partial charge in [0.15, 0.2) is 17.1 Å². The van der Waals surface area contributed by atoms with Gasteiger partial charge in [0, 0.05) is 26.2 Å². The molecule has 0 atom stereocenters. The summed E-state index contributed by atoms with van der Waals surface area (Å²) >= 11 is 0. The van der Waals surface area contributed by atoms with Crippen LogP contribution in [-0.4, -0.2) is 71.2 Å². The second-order valence-electron chi connectivity index (χ2n) is 9.36. The van der Waals surface area contributed by atoms with Crippen LogP contribution in [0.4, 0.5) is 5.82 Å². The summed E-state index contributed by atoms with van der Waals surface area (Å²) in [5.41, 5.74) is 5.19. The van der Waals surface area contributed by atoms with Gasteiger partial charge in [-0.25, -0.2) is 14.6 Å². The lowest BCUT2D eigenvalue weighted by atomic mass is 10.1. The predicted octanol–water partition coefficient (Wildman–Crippen LogP) is 4.15. The molecule has 9 heteroatoms. The molecule has 5 rings (SSSR count). The molecule has 3 heterocycles. The summed E-state index contributed by atoms with van der Waals surface area (Å²) in [5, 5.41) is 8.92. The fraction of sp³-hybridized carbons (Fsp3) is 0.393. The molecule has 2 aromatic carbocycles. The molecule has 0 radical (unpaired) electrons. The van der Waals surface area contributed by atoms with Crippen molar-refractivity contribution in [2.24, 2.45) is 0 Å². The van der Waals surface area contributed by atoms with E-state index in [4.69, 9.17) is 14.2 Å². The first-order valence-corrected chi connectivity index (χ1v) is 12.7. The van der Waals surface area contributed by atoms with E-state index in [0.717, 1.165) is 78.9 Å². The smallest absolute Gasteiger partial charge is 0.168 e. The molecule has 0 saturated carbocycles. The quantitative estimate of drug-likeness (QED) is 0.324. The Kier molecular flexibility index (Phi) is 7.82. The van der Waals surface area contributed by atoms with Crippen molar-refractivity contribution in [3.8, 4) is 17.2 Å². The predicted molar refractivity (Wildman–Crippen MR) is 144 cm³/mol. The van der Waals surface area contributed by atoms with Crippen molar-refractivity contribution in [2.75, 3.05) is 51.9 Å². The highest BCUT2D eigenvalue weighted by molar-refractivity contribution is 5.87. The Hall–Kier alpha value is -3.69. The third-order valence-corrected chi connectivity index (χ3v) is 6.48. The van der Waals surface area contributed by atoms with Crippen molar-refractivity contribution in [1.29, 1.82) is 0 Å². The van der Waals surface area contributed by atoms with Crippen molar-refractivity contribution >= 4 is 16.9 Å². The minimum atomic E-state index is 0.578. The number of methoxy groups -OCH3 is 1. The Morgan fingerprint density at radius 1 is 1.00 bits per heavy atom. The lowest BCUT2D eigenvalue weighted by Gasteiger charge is -2.26. The van der Waals surface area contributed by atoms with Gasteiger partial charge in [-0.2, -0.15) is 5.10 Å². The number of aromatic nitrogens is 4. The van der Waals surface area contributed by atoms with Crippen LogP contribution in [0.25, 0.3) is 16.7 Å². The fourth-order valence-electron chi connectivity index (χ4n) is 4.67. The topological polar surface area (TPSA) is 86.6 Å². The second kappa shape index (κ2) is 11.6. The molecule has 0 unspecified atom stereocenters.